The van der Waals surface area contributed by atoms with Crippen LogP contribution < -0.4 is 0 Å². The van der Waals surface area contributed by atoms with E-state index in [2.05, 4.69) is 46.3 Å². The predicted octanol–water partition coefficient (Wildman–Crippen LogP) is 2.88. The van der Waals surface area contributed by atoms with Crippen LogP contribution in [0.1, 0.15) is 18.2 Å². The fraction of sp³-hybridized carbons (Fsp3) is 0.357. The molecule has 18 heavy (non-hydrogen) atoms. The first-order chi connectivity index (χ1) is 8.38. The molecule has 1 aromatic carbocycles. The van der Waals surface area contributed by atoms with Crippen molar-refractivity contribution in [1.82, 2.24) is 15.1 Å². The molecule has 0 atom stereocenters. The molecule has 1 N–H and O–H groups in total. The first-order valence-electron chi connectivity index (χ1n) is 6.22. The van der Waals surface area contributed by atoms with Crippen molar-refractivity contribution >= 4 is 12.4 Å². The summed E-state index contributed by atoms with van der Waals surface area (Å²) < 4.78 is 0. The van der Waals surface area contributed by atoms with Crippen LogP contribution in [0.15, 0.2) is 30.3 Å². The molecule has 2 aromatic rings. The van der Waals surface area contributed by atoms with Crippen LogP contribution in [0, 0.1) is 0 Å². The molecule has 0 fully saturated rings. The quantitative estimate of drug-likeness (QED) is 0.904. The molecule has 96 valence electrons. The molecule has 0 saturated heterocycles. The normalized spacial score (nSPS) is 14.9. The summed E-state index contributed by atoms with van der Waals surface area (Å²) in [5, 5.41) is 7.68. The Hall–Kier alpha value is -1.32. The van der Waals surface area contributed by atoms with Gasteiger partial charge in [0.15, 0.2) is 0 Å². The first kappa shape index (κ1) is 13.1. The van der Waals surface area contributed by atoms with Crippen molar-refractivity contribution < 1.29 is 0 Å². The lowest BCUT2D eigenvalue weighted by Gasteiger charge is -2.25. The molecule has 4 heteroatoms. The van der Waals surface area contributed by atoms with Crippen molar-refractivity contribution in [2.45, 2.75) is 19.9 Å². The highest BCUT2D eigenvalue weighted by molar-refractivity contribution is 5.85. The average molecular weight is 264 g/mol. The standard InChI is InChI=1S/C14H17N3.ClH/c1-2-17-9-8-13-12(10-17)14(16-15-13)11-6-4-3-5-7-11;/h3-7H,2,8-10H2,1H3,(H,15,16);1H. The van der Waals surface area contributed by atoms with Crippen LogP contribution >= 0.6 is 12.4 Å². The van der Waals surface area contributed by atoms with Crippen LogP contribution in [0.25, 0.3) is 11.3 Å². The summed E-state index contributed by atoms with van der Waals surface area (Å²) in [5.41, 5.74) is 5.03. The summed E-state index contributed by atoms with van der Waals surface area (Å²) in [6, 6.07) is 10.4. The molecule has 0 saturated carbocycles. The average Bonchev–Trinajstić information content (AvgIpc) is 2.82. The molecule has 0 unspecified atom stereocenters. The molecule has 2 heterocycles. The third-order valence-corrected chi connectivity index (χ3v) is 3.51. The van der Waals surface area contributed by atoms with E-state index in [4.69, 9.17) is 0 Å². The number of likely N-dealkylation sites (N-methyl/N-ethyl adjacent to an activating group) is 1. The van der Waals surface area contributed by atoms with Crippen LogP contribution in [-0.4, -0.2) is 28.2 Å². The summed E-state index contributed by atoms with van der Waals surface area (Å²) in [5.74, 6) is 0. The fourth-order valence-corrected chi connectivity index (χ4v) is 2.46. The number of aromatic nitrogens is 2. The lowest BCUT2D eigenvalue weighted by molar-refractivity contribution is 0.267. The number of fused-ring (bicyclic) bond motifs is 1. The maximum Gasteiger partial charge on any atom is 0.0968 e. The van der Waals surface area contributed by atoms with Gasteiger partial charge in [-0.25, -0.2) is 0 Å². The molecule has 3 rings (SSSR count). The van der Waals surface area contributed by atoms with Gasteiger partial charge in [0.05, 0.1) is 5.69 Å². The van der Waals surface area contributed by atoms with Gasteiger partial charge in [0, 0.05) is 36.3 Å². The Morgan fingerprint density at radius 1 is 1.28 bits per heavy atom. The van der Waals surface area contributed by atoms with E-state index >= 15 is 0 Å². The van der Waals surface area contributed by atoms with Crippen molar-refractivity contribution in [3.63, 3.8) is 0 Å². The topological polar surface area (TPSA) is 31.9 Å². The van der Waals surface area contributed by atoms with Crippen molar-refractivity contribution in [3.8, 4) is 11.3 Å². The predicted molar refractivity (Wildman–Crippen MR) is 75.9 cm³/mol. The molecule has 0 radical (unpaired) electrons. The molecule has 0 aliphatic carbocycles. The number of nitrogens with one attached hydrogen (secondary N) is 1. The second-order valence-corrected chi connectivity index (χ2v) is 4.51. The Bertz CT molecular complexity index is 507. The smallest absolute Gasteiger partial charge is 0.0968 e. The van der Waals surface area contributed by atoms with Crippen molar-refractivity contribution in [1.29, 1.82) is 0 Å². The van der Waals surface area contributed by atoms with Gasteiger partial charge in [0.25, 0.3) is 0 Å². The highest BCUT2D eigenvalue weighted by Gasteiger charge is 2.21. The van der Waals surface area contributed by atoms with E-state index in [1.165, 1.54) is 16.8 Å². The molecule has 3 nitrogen and oxygen atoms in total. The maximum atomic E-state index is 4.49. The van der Waals surface area contributed by atoms with Gasteiger partial charge in [0.1, 0.15) is 0 Å². The number of rotatable bonds is 2. The lowest BCUT2D eigenvalue weighted by atomic mass is 10.0. The molecular formula is C14H18ClN3. The summed E-state index contributed by atoms with van der Waals surface area (Å²) in [6.07, 6.45) is 1.09. The molecule has 0 bridgehead atoms. The van der Waals surface area contributed by atoms with E-state index in [1.807, 2.05) is 6.07 Å². The summed E-state index contributed by atoms with van der Waals surface area (Å²) in [7, 11) is 0. The third-order valence-electron chi connectivity index (χ3n) is 3.51. The van der Waals surface area contributed by atoms with Gasteiger partial charge in [-0.2, -0.15) is 5.10 Å². The van der Waals surface area contributed by atoms with Gasteiger partial charge < -0.3 is 0 Å². The van der Waals surface area contributed by atoms with Gasteiger partial charge in [-0.1, -0.05) is 37.3 Å². The van der Waals surface area contributed by atoms with Crippen molar-refractivity contribution in [2.24, 2.45) is 0 Å². The van der Waals surface area contributed by atoms with E-state index in [1.54, 1.807) is 0 Å². The van der Waals surface area contributed by atoms with Gasteiger partial charge in [-0.05, 0) is 6.54 Å². The Labute approximate surface area is 114 Å². The second kappa shape index (κ2) is 5.55. The van der Waals surface area contributed by atoms with E-state index < -0.39 is 0 Å². The maximum absolute atomic E-state index is 4.49. The first-order valence-corrected chi connectivity index (χ1v) is 6.22. The second-order valence-electron chi connectivity index (χ2n) is 4.51. The zero-order valence-corrected chi connectivity index (χ0v) is 11.3. The van der Waals surface area contributed by atoms with Crippen LogP contribution in [0.3, 0.4) is 0 Å². The van der Waals surface area contributed by atoms with E-state index in [0.29, 0.717) is 0 Å². The number of hydrogen-bond donors (Lipinski definition) is 1. The van der Waals surface area contributed by atoms with Gasteiger partial charge in [-0.15, -0.1) is 12.4 Å². The molecule has 1 aliphatic rings. The minimum absolute atomic E-state index is 0. The van der Waals surface area contributed by atoms with Crippen molar-refractivity contribution in [2.75, 3.05) is 13.1 Å². The minimum Gasteiger partial charge on any atom is -0.299 e. The number of H-pyrrole nitrogens is 1. The zero-order chi connectivity index (χ0) is 11.7. The zero-order valence-electron chi connectivity index (χ0n) is 10.5. The number of aromatic amines is 1. The van der Waals surface area contributed by atoms with Crippen LogP contribution in [0.5, 0.6) is 0 Å². The van der Waals surface area contributed by atoms with Crippen LogP contribution in [0.4, 0.5) is 0 Å². The molecule has 0 amide bonds. The monoisotopic (exact) mass is 263 g/mol. The third kappa shape index (κ3) is 2.28. The summed E-state index contributed by atoms with van der Waals surface area (Å²) >= 11 is 0. The highest BCUT2D eigenvalue weighted by Crippen LogP contribution is 2.27. The summed E-state index contributed by atoms with van der Waals surface area (Å²) in [6.45, 7) is 5.48. The van der Waals surface area contributed by atoms with E-state index in [9.17, 15) is 0 Å². The Morgan fingerprint density at radius 3 is 2.78 bits per heavy atom. The number of benzene rings is 1. The molecule has 0 spiro atoms. The van der Waals surface area contributed by atoms with E-state index in [0.717, 1.165) is 31.7 Å². The highest BCUT2D eigenvalue weighted by atomic mass is 35.5. The van der Waals surface area contributed by atoms with Gasteiger partial charge >= 0.3 is 0 Å². The Kier molecular flexibility index (Phi) is 4.04. The fourth-order valence-electron chi connectivity index (χ4n) is 2.46. The Balaban J connectivity index is 0.00000120. The van der Waals surface area contributed by atoms with Gasteiger partial charge in [-0.3, -0.25) is 10.00 Å². The lowest BCUT2D eigenvalue weighted by Crippen LogP contribution is -2.30. The van der Waals surface area contributed by atoms with Crippen LogP contribution in [-0.2, 0) is 13.0 Å². The SMILES string of the molecule is CCN1CCc2[nH]nc(-c3ccccc3)c2C1.Cl. The Morgan fingerprint density at radius 2 is 2.06 bits per heavy atom. The minimum atomic E-state index is 0. The van der Waals surface area contributed by atoms with Crippen molar-refractivity contribution in [3.05, 3.63) is 41.6 Å². The summed E-state index contributed by atoms with van der Waals surface area (Å²) in [4.78, 5) is 2.46. The number of nitrogens with zero attached hydrogens (tertiary/aromatic N) is 2. The van der Waals surface area contributed by atoms with Gasteiger partial charge in [0.2, 0.25) is 0 Å². The number of hydrogen-bond acceptors (Lipinski definition) is 2. The molecular weight excluding hydrogens is 246 g/mol. The molecule has 1 aliphatic heterocycles. The molecule has 1 aromatic heterocycles. The number of halogens is 1. The van der Waals surface area contributed by atoms with Crippen LogP contribution in [0.2, 0.25) is 0 Å². The largest absolute Gasteiger partial charge is 0.299 e. The van der Waals surface area contributed by atoms with E-state index in [-0.39, 0.29) is 12.4 Å².